The Hall–Kier alpha value is -0.870. The van der Waals surface area contributed by atoms with E-state index in [4.69, 9.17) is 10.5 Å². The van der Waals surface area contributed by atoms with Gasteiger partial charge in [0.25, 0.3) is 0 Å². The molecule has 0 radical (unpaired) electrons. The van der Waals surface area contributed by atoms with Crippen LogP contribution < -0.4 is 5.73 Å². The highest BCUT2D eigenvalue weighted by atomic mass is 79.9. The minimum Gasteiger partial charge on any atom is -0.460 e. The fraction of sp³-hybridized carbons (Fsp3) is 0.417. The van der Waals surface area contributed by atoms with E-state index in [-0.39, 0.29) is 18.5 Å². The zero-order valence-electron chi connectivity index (χ0n) is 9.44. The molecule has 0 saturated carbocycles. The molecule has 1 aromatic carbocycles. The minimum absolute atomic E-state index is 0.0896. The third kappa shape index (κ3) is 3.61. The fourth-order valence-electron chi connectivity index (χ4n) is 1.13. The van der Waals surface area contributed by atoms with Crippen LogP contribution in [0.2, 0.25) is 0 Å². The Labute approximate surface area is 104 Å². The van der Waals surface area contributed by atoms with E-state index in [1.807, 2.05) is 38.1 Å². The normalized spacial score (nSPS) is 12.6. The van der Waals surface area contributed by atoms with Crippen molar-refractivity contribution in [1.82, 2.24) is 0 Å². The van der Waals surface area contributed by atoms with Crippen molar-refractivity contribution in [2.45, 2.75) is 26.5 Å². The highest BCUT2D eigenvalue weighted by Crippen LogP contribution is 2.17. The van der Waals surface area contributed by atoms with Gasteiger partial charge in [0.1, 0.15) is 12.6 Å². The number of hydrogen-bond donors (Lipinski definition) is 1. The summed E-state index contributed by atoms with van der Waals surface area (Å²) in [6.45, 7) is 4.04. The molecule has 0 fully saturated rings. The zero-order chi connectivity index (χ0) is 12.1. The molecule has 1 aromatic rings. The molecule has 1 unspecified atom stereocenters. The molecule has 0 aliphatic rings. The van der Waals surface area contributed by atoms with Crippen LogP contribution in [0.1, 0.15) is 19.4 Å². The Morgan fingerprint density at radius 1 is 1.44 bits per heavy atom. The van der Waals surface area contributed by atoms with Crippen molar-refractivity contribution >= 4 is 21.9 Å². The maximum atomic E-state index is 11.5. The summed E-state index contributed by atoms with van der Waals surface area (Å²) in [5, 5.41) is 0. The molecule has 1 atom stereocenters. The molecule has 0 aliphatic carbocycles. The van der Waals surface area contributed by atoms with Gasteiger partial charge in [-0.25, -0.2) is 0 Å². The number of nitrogens with two attached hydrogens (primary N) is 1. The van der Waals surface area contributed by atoms with Gasteiger partial charge >= 0.3 is 5.97 Å². The first kappa shape index (κ1) is 13.2. The average Bonchev–Trinajstić information content (AvgIpc) is 2.26. The second-order valence-corrected chi connectivity index (χ2v) is 4.82. The van der Waals surface area contributed by atoms with Crippen LogP contribution in [0.25, 0.3) is 0 Å². The van der Waals surface area contributed by atoms with Crippen LogP contribution in [-0.4, -0.2) is 12.0 Å². The molecule has 0 amide bonds. The van der Waals surface area contributed by atoms with Crippen LogP contribution in [0.3, 0.4) is 0 Å². The number of halogens is 1. The van der Waals surface area contributed by atoms with Gasteiger partial charge < -0.3 is 10.5 Å². The Morgan fingerprint density at radius 3 is 2.62 bits per heavy atom. The molecule has 16 heavy (non-hydrogen) atoms. The summed E-state index contributed by atoms with van der Waals surface area (Å²) < 4.78 is 6.07. The number of carbonyl (C=O) groups is 1. The number of esters is 1. The fourth-order valence-corrected chi connectivity index (χ4v) is 1.53. The van der Waals surface area contributed by atoms with Crippen LogP contribution in [0.15, 0.2) is 28.7 Å². The first-order valence-corrected chi connectivity index (χ1v) is 5.97. The lowest BCUT2D eigenvalue weighted by molar-refractivity contribution is -0.147. The van der Waals surface area contributed by atoms with Gasteiger partial charge in [0.05, 0.1) is 0 Å². The summed E-state index contributed by atoms with van der Waals surface area (Å²) in [6, 6.07) is 7.07. The molecular weight excluding hydrogens is 270 g/mol. The molecule has 88 valence electrons. The number of ether oxygens (including phenoxy) is 1. The van der Waals surface area contributed by atoms with E-state index in [1.54, 1.807) is 0 Å². The largest absolute Gasteiger partial charge is 0.460 e. The highest BCUT2D eigenvalue weighted by Gasteiger charge is 2.18. The van der Waals surface area contributed by atoms with E-state index in [0.29, 0.717) is 0 Å². The van der Waals surface area contributed by atoms with Crippen molar-refractivity contribution < 1.29 is 9.53 Å². The van der Waals surface area contributed by atoms with Crippen molar-refractivity contribution in [1.29, 1.82) is 0 Å². The van der Waals surface area contributed by atoms with Gasteiger partial charge in [-0.1, -0.05) is 48.0 Å². The Bertz CT molecular complexity index is 366. The van der Waals surface area contributed by atoms with Gasteiger partial charge in [-0.15, -0.1) is 0 Å². The predicted molar refractivity (Wildman–Crippen MR) is 66.8 cm³/mol. The van der Waals surface area contributed by atoms with Gasteiger partial charge in [0.15, 0.2) is 0 Å². The summed E-state index contributed by atoms with van der Waals surface area (Å²) in [5.41, 5.74) is 6.61. The van der Waals surface area contributed by atoms with Gasteiger partial charge in [-0.3, -0.25) is 4.79 Å². The van der Waals surface area contributed by atoms with Crippen molar-refractivity contribution in [2.24, 2.45) is 11.7 Å². The third-order valence-electron chi connectivity index (χ3n) is 2.32. The first-order chi connectivity index (χ1) is 7.52. The standard InChI is InChI=1S/C12H16BrNO2/c1-8(2)11(14)12(15)16-7-9-5-3-4-6-10(9)13/h3-6,8,11H,7,14H2,1-2H3. The molecule has 2 N–H and O–H groups in total. The Morgan fingerprint density at radius 2 is 2.06 bits per heavy atom. The van der Waals surface area contributed by atoms with Crippen molar-refractivity contribution in [3.8, 4) is 0 Å². The predicted octanol–water partition coefficient (Wildman–Crippen LogP) is 2.48. The molecule has 4 heteroatoms. The lowest BCUT2D eigenvalue weighted by Crippen LogP contribution is -2.36. The van der Waals surface area contributed by atoms with Crippen LogP contribution >= 0.6 is 15.9 Å². The number of carbonyl (C=O) groups excluding carboxylic acids is 1. The zero-order valence-corrected chi connectivity index (χ0v) is 11.0. The summed E-state index contributed by atoms with van der Waals surface area (Å²) in [5.74, 6) is -0.266. The molecule has 1 rings (SSSR count). The lowest BCUT2D eigenvalue weighted by Gasteiger charge is -2.14. The van der Waals surface area contributed by atoms with Gasteiger partial charge in [-0.05, 0) is 12.0 Å². The maximum Gasteiger partial charge on any atom is 0.323 e. The number of rotatable bonds is 4. The van der Waals surface area contributed by atoms with E-state index in [1.165, 1.54) is 0 Å². The molecule has 0 bridgehead atoms. The van der Waals surface area contributed by atoms with Crippen LogP contribution in [-0.2, 0) is 16.1 Å². The van der Waals surface area contributed by atoms with Crippen molar-refractivity contribution in [3.05, 3.63) is 34.3 Å². The highest BCUT2D eigenvalue weighted by molar-refractivity contribution is 9.10. The van der Waals surface area contributed by atoms with Crippen LogP contribution in [0, 0.1) is 5.92 Å². The SMILES string of the molecule is CC(C)C(N)C(=O)OCc1ccccc1Br. The van der Waals surface area contributed by atoms with Crippen molar-refractivity contribution in [2.75, 3.05) is 0 Å². The molecule has 0 aliphatic heterocycles. The topological polar surface area (TPSA) is 52.3 Å². The average molecular weight is 286 g/mol. The van der Waals surface area contributed by atoms with E-state index in [0.717, 1.165) is 10.0 Å². The molecular formula is C12H16BrNO2. The molecule has 0 heterocycles. The first-order valence-electron chi connectivity index (χ1n) is 5.18. The van der Waals surface area contributed by atoms with Crippen LogP contribution in [0.4, 0.5) is 0 Å². The van der Waals surface area contributed by atoms with Gasteiger partial charge in [0, 0.05) is 10.0 Å². The second-order valence-electron chi connectivity index (χ2n) is 3.97. The van der Waals surface area contributed by atoms with E-state index in [2.05, 4.69) is 15.9 Å². The molecule has 0 saturated heterocycles. The Balaban J connectivity index is 2.52. The summed E-state index contributed by atoms with van der Waals surface area (Å²) in [4.78, 5) is 11.5. The molecule has 3 nitrogen and oxygen atoms in total. The molecule has 0 spiro atoms. The lowest BCUT2D eigenvalue weighted by atomic mass is 10.1. The maximum absolute atomic E-state index is 11.5. The smallest absolute Gasteiger partial charge is 0.323 e. The quantitative estimate of drug-likeness (QED) is 0.865. The summed E-state index contributed by atoms with van der Waals surface area (Å²) in [7, 11) is 0. The van der Waals surface area contributed by atoms with E-state index >= 15 is 0 Å². The van der Waals surface area contributed by atoms with Crippen molar-refractivity contribution in [3.63, 3.8) is 0 Å². The minimum atomic E-state index is -0.553. The third-order valence-corrected chi connectivity index (χ3v) is 3.09. The van der Waals surface area contributed by atoms with E-state index in [9.17, 15) is 4.79 Å². The summed E-state index contributed by atoms with van der Waals surface area (Å²) >= 11 is 3.39. The number of benzene rings is 1. The van der Waals surface area contributed by atoms with Gasteiger partial charge in [0.2, 0.25) is 0 Å². The van der Waals surface area contributed by atoms with Crippen LogP contribution in [0.5, 0.6) is 0 Å². The second kappa shape index (κ2) is 6.01. The monoisotopic (exact) mass is 285 g/mol. The molecule has 0 aromatic heterocycles. The summed E-state index contributed by atoms with van der Waals surface area (Å²) in [6.07, 6.45) is 0. The Kier molecular flexibility index (Phi) is 4.96. The number of hydrogen-bond acceptors (Lipinski definition) is 3. The van der Waals surface area contributed by atoms with E-state index < -0.39 is 6.04 Å². The van der Waals surface area contributed by atoms with Gasteiger partial charge in [-0.2, -0.15) is 0 Å².